The van der Waals surface area contributed by atoms with Crippen LogP contribution in [0.25, 0.3) is 44.2 Å². The number of alkyl carbamates (subject to hydrolysis) is 2. The number of hydrogen-bond acceptors (Lipinski definition) is 11. The van der Waals surface area contributed by atoms with Crippen molar-refractivity contribution in [1.29, 1.82) is 0 Å². The molecule has 7 unspecified atom stereocenters. The van der Waals surface area contributed by atoms with Gasteiger partial charge in [0.15, 0.2) is 0 Å². The van der Waals surface area contributed by atoms with Crippen molar-refractivity contribution in [2.45, 2.75) is 101 Å². The van der Waals surface area contributed by atoms with Gasteiger partial charge in [0.2, 0.25) is 5.91 Å². The molecule has 0 bridgehead atoms. The number of carbonyl (C=O) groups excluding carboxylic acids is 3. The van der Waals surface area contributed by atoms with Gasteiger partial charge >= 0.3 is 12.2 Å². The van der Waals surface area contributed by atoms with Gasteiger partial charge in [0.05, 0.1) is 49.2 Å². The normalized spacial score (nSPS) is 22.3. The predicted octanol–water partition coefficient (Wildman–Crippen LogP) is 6.36. The Bertz CT molecular complexity index is 2440. The van der Waals surface area contributed by atoms with E-state index >= 15 is 0 Å². The van der Waals surface area contributed by atoms with E-state index in [4.69, 9.17) is 28.9 Å². The predicted molar refractivity (Wildman–Crippen MR) is 240 cm³/mol. The first kappa shape index (κ1) is 43.7. The maximum absolute atomic E-state index is 13.2. The molecule has 5 aromatic rings. The van der Waals surface area contributed by atoms with Crippen LogP contribution in [-0.2, 0) is 30.2 Å². The number of hydrogen-bond donors (Lipinski definition) is 6. The van der Waals surface area contributed by atoms with E-state index in [9.17, 15) is 19.5 Å². The van der Waals surface area contributed by atoms with Crippen molar-refractivity contribution in [2.75, 3.05) is 40.6 Å². The zero-order valence-electron chi connectivity index (χ0n) is 36.8. The number of fused-ring (bicyclic) bond motifs is 3. The Morgan fingerprint density at radius 2 is 1.48 bits per heavy atom. The Morgan fingerprint density at radius 1 is 0.828 bits per heavy atom. The maximum atomic E-state index is 13.2. The van der Waals surface area contributed by atoms with Gasteiger partial charge < -0.3 is 50.0 Å². The Balaban J connectivity index is 0.826. The summed E-state index contributed by atoms with van der Waals surface area (Å²) in [6, 6.07) is 18.2. The lowest BCUT2D eigenvalue weighted by Gasteiger charge is -2.40. The Morgan fingerprint density at radius 3 is 2.22 bits per heavy atom. The minimum absolute atomic E-state index is 0.00424. The fourth-order valence-electron chi connectivity index (χ4n) is 10.2. The number of likely N-dealkylation sites (tertiary alicyclic amines) is 1. The lowest BCUT2D eigenvalue weighted by molar-refractivity contribution is -0.125. The highest BCUT2D eigenvalue weighted by atomic mass is 16.5. The van der Waals surface area contributed by atoms with Crippen LogP contribution in [0.4, 0.5) is 9.59 Å². The number of aromatic nitrogens is 4. The molecule has 4 aliphatic rings. The van der Waals surface area contributed by atoms with E-state index in [0.717, 1.165) is 101 Å². The van der Waals surface area contributed by atoms with E-state index in [2.05, 4.69) is 85.4 Å². The highest BCUT2D eigenvalue weighted by Gasteiger charge is 2.57. The number of piperidine rings is 1. The SMILES string of the molecule is COC(=O)NC(C(=O)NC(C)CCCc1nc2ccc(-c3ccc4cc(-c5cnc(C6CC7CC7N6C(O)C(NC(=O)OC)C6CCOCC6)[nH]5)ccc4c3)cc2[nH]1)C1CCOCC1. The average molecular weight is 877 g/mol. The van der Waals surface area contributed by atoms with Gasteiger partial charge in [0, 0.05) is 50.5 Å². The number of nitrogens with one attached hydrogen (secondary N) is 5. The van der Waals surface area contributed by atoms with Crippen LogP contribution in [-0.4, -0.2) is 119 Å². The van der Waals surface area contributed by atoms with Crippen LogP contribution in [0.2, 0.25) is 0 Å². The van der Waals surface area contributed by atoms with Gasteiger partial charge in [0.25, 0.3) is 0 Å². The molecule has 340 valence electrons. The third-order valence-electron chi connectivity index (χ3n) is 13.9. The van der Waals surface area contributed by atoms with E-state index in [1.165, 1.54) is 14.2 Å². The van der Waals surface area contributed by atoms with Gasteiger partial charge in [-0.2, -0.15) is 0 Å². The topological polar surface area (TPSA) is 205 Å². The first-order chi connectivity index (χ1) is 31.1. The van der Waals surface area contributed by atoms with Crippen molar-refractivity contribution in [3.63, 3.8) is 0 Å². The Hall–Kier alpha value is -5.55. The molecular weight excluding hydrogens is 817 g/mol. The first-order valence-electron chi connectivity index (χ1n) is 22.8. The number of aliphatic hydroxyl groups excluding tert-OH is 1. The molecule has 0 spiro atoms. The number of aliphatic hydroxyl groups is 1. The molecule has 9 rings (SSSR count). The van der Waals surface area contributed by atoms with Crippen LogP contribution in [0.1, 0.15) is 76.0 Å². The molecule has 16 nitrogen and oxygen atoms in total. The molecule has 6 N–H and O–H groups in total. The minimum Gasteiger partial charge on any atom is -0.453 e. The second kappa shape index (κ2) is 19.3. The zero-order valence-corrected chi connectivity index (χ0v) is 36.8. The molecule has 1 saturated carbocycles. The Kier molecular flexibility index (Phi) is 13.2. The summed E-state index contributed by atoms with van der Waals surface area (Å²) in [6.45, 7) is 4.34. The van der Waals surface area contributed by atoms with Gasteiger partial charge in [-0.05, 0) is 122 Å². The summed E-state index contributed by atoms with van der Waals surface area (Å²) < 4.78 is 20.8. The van der Waals surface area contributed by atoms with E-state index in [0.29, 0.717) is 45.2 Å². The summed E-state index contributed by atoms with van der Waals surface area (Å²) in [5.41, 5.74) is 6.01. The number of nitrogens with zero attached hydrogens (tertiary/aromatic N) is 3. The summed E-state index contributed by atoms with van der Waals surface area (Å²) in [7, 11) is 2.65. The van der Waals surface area contributed by atoms with Gasteiger partial charge in [-0.15, -0.1) is 0 Å². The van der Waals surface area contributed by atoms with E-state index in [-0.39, 0.29) is 35.9 Å². The number of carbonyl (C=O) groups is 3. The van der Waals surface area contributed by atoms with Gasteiger partial charge in [-0.1, -0.05) is 30.3 Å². The van der Waals surface area contributed by atoms with Gasteiger partial charge in [0.1, 0.15) is 23.9 Å². The number of ether oxygens (including phenoxy) is 4. The lowest BCUT2D eigenvalue weighted by atomic mass is 9.89. The highest BCUT2D eigenvalue weighted by Crippen LogP contribution is 2.54. The van der Waals surface area contributed by atoms with Crippen molar-refractivity contribution in [2.24, 2.45) is 17.8 Å². The minimum atomic E-state index is -0.882. The monoisotopic (exact) mass is 876 g/mol. The van der Waals surface area contributed by atoms with E-state index in [1.807, 2.05) is 13.1 Å². The molecular formula is C48H60N8O8. The summed E-state index contributed by atoms with van der Waals surface area (Å²) in [4.78, 5) is 56.7. The van der Waals surface area contributed by atoms with Crippen molar-refractivity contribution < 1.29 is 38.4 Å². The number of amides is 3. The number of methoxy groups -OCH3 is 2. The standard InChI is InChI=1S/C48H60N8O8/c1-27(50-45(57)42(54-47(59)61-2)28-13-17-63-18-14-28)5-4-6-41-51-36-12-11-33(23-37(36)52-41)31-7-8-32-22-34(10-9-30(32)21-31)38-26-49-44(53-38)40-25-35-24-39(35)56(40)46(58)43(55-48(60)62-3)29-15-19-64-20-16-29/h7-12,21-23,26-29,35,39-40,42-43,46,58H,4-6,13-20,24-25H2,1-3H3,(H,49,53)(H,50,57)(H,51,52)(H,54,59)(H,55,60). The summed E-state index contributed by atoms with van der Waals surface area (Å²) >= 11 is 0. The van der Waals surface area contributed by atoms with Crippen molar-refractivity contribution in [3.05, 3.63) is 72.4 Å². The fraction of sp³-hybridized carbons (Fsp3) is 0.521. The molecule has 7 atom stereocenters. The lowest BCUT2D eigenvalue weighted by Crippen LogP contribution is -2.56. The van der Waals surface area contributed by atoms with E-state index < -0.39 is 30.5 Å². The molecule has 5 heterocycles. The number of H-pyrrole nitrogens is 2. The largest absolute Gasteiger partial charge is 0.453 e. The molecule has 64 heavy (non-hydrogen) atoms. The molecule has 2 aromatic heterocycles. The van der Waals surface area contributed by atoms with E-state index in [1.54, 1.807) is 0 Å². The number of aryl methyl sites for hydroxylation is 1. The number of aromatic amines is 2. The van der Waals surface area contributed by atoms with Crippen molar-refractivity contribution in [3.8, 4) is 22.4 Å². The van der Waals surface area contributed by atoms with Crippen LogP contribution >= 0.6 is 0 Å². The molecule has 3 aromatic carbocycles. The van der Waals surface area contributed by atoms with Gasteiger partial charge in [-0.25, -0.2) is 19.6 Å². The number of imidazole rings is 2. The average Bonchev–Trinajstić information content (AvgIpc) is 3.61. The molecule has 16 heteroatoms. The fourth-order valence-corrected chi connectivity index (χ4v) is 10.2. The van der Waals surface area contributed by atoms with Crippen molar-refractivity contribution >= 4 is 39.9 Å². The smallest absolute Gasteiger partial charge is 0.407 e. The van der Waals surface area contributed by atoms with Crippen LogP contribution in [0, 0.1) is 17.8 Å². The number of benzene rings is 3. The maximum Gasteiger partial charge on any atom is 0.407 e. The molecule has 3 aliphatic heterocycles. The van der Waals surface area contributed by atoms with Gasteiger partial charge in [-0.3, -0.25) is 9.69 Å². The summed E-state index contributed by atoms with van der Waals surface area (Å²) in [5.74, 6) is 2.09. The molecule has 4 fully saturated rings. The zero-order chi connectivity index (χ0) is 44.3. The molecule has 3 amide bonds. The van der Waals surface area contributed by atoms with Crippen molar-refractivity contribution in [1.82, 2.24) is 40.8 Å². The highest BCUT2D eigenvalue weighted by molar-refractivity contribution is 5.92. The third kappa shape index (κ3) is 9.60. The van der Waals surface area contributed by atoms with Crippen LogP contribution in [0.3, 0.4) is 0 Å². The van der Waals surface area contributed by atoms with Crippen LogP contribution in [0.15, 0.2) is 60.8 Å². The quantitative estimate of drug-likeness (QED) is 0.0683. The second-order valence-electron chi connectivity index (χ2n) is 18.0. The second-order valence-corrected chi connectivity index (χ2v) is 18.0. The molecule has 3 saturated heterocycles. The molecule has 1 aliphatic carbocycles. The van der Waals surface area contributed by atoms with Crippen LogP contribution in [0.5, 0.6) is 0 Å². The Labute approximate surface area is 372 Å². The summed E-state index contributed by atoms with van der Waals surface area (Å²) in [6.07, 6.45) is 7.03. The van der Waals surface area contributed by atoms with Crippen LogP contribution < -0.4 is 16.0 Å². The summed E-state index contributed by atoms with van der Waals surface area (Å²) in [5, 5.41) is 22.9. The molecule has 0 radical (unpaired) electrons. The number of rotatable bonds is 15. The first-order valence-corrected chi connectivity index (χ1v) is 22.8. The third-order valence-corrected chi connectivity index (χ3v) is 13.9.